The van der Waals surface area contributed by atoms with Crippen LogP contribution in [0.1, 0.15) is 46.1 Å². The molecule has 0 heterocycles. The first-order valence-electron chi connectivity index (χ1n) is 7.22. The van der Waals surface area contributed by atoms with E-state index in [1.165, 1.54) is 12.5 Å². The fourth-order valence-corrected chi connectivity index (χ4v) is 1.70. The molecule has 1 aromatic carbocycles. The van der Waals surface area contributed by atoms with E-state index in [0.29, 0.717) is 13.2 Å². The number of hydrogen-bond acceptors (Lipinski definition) is 3. The molecule has 3 nitrogen and oxygen atoms in total. The number of benzene rings is 1. The Kier molecular flexibility index (Phi) is 6.56. The first kappa shape index (κ1) is 16.5. The first-order chi connectivity index (χ1) is 9.37. The van der Waals surface area contributed by atoms with Crippen LogP contribution in [0.2, 0.25) is 0 Å². The Morgan fingerprint density at radius 3 is 2.30 bits per heavy atom. The Morgan fingerprint density at radius 2 is 1.75 bits per heavy atom. The first-order valence-corrected chi connectivity index (χ1v) is 7.22. The maximum atomic E-state index is 10.6. The van der Waals surface area contributed by atoms with Gasteiger partial charge in [0, 0.05) is 6.92 Å². The van der Waals surface area contributed by atoms with Crippen molar-refractivity contribution in [2.75, 3.05) is 13.2 Å². The number of unbranched alkanes of at least 4 members (excludes halogenated alkanes) is 1. The van der Waals surface area contributed by atoms with Crippen LogP contribution >= 0.6 is 0 Å². The molecule has 0 atom stereocenters. The third-order valence-corrected chi connectivity index (χ3v) is 2.76. The van der Waals surface area contributed by atoms with E-state index in [0.717, 1.165) is 25.0 Å². The van der Waals surface area contributed by atoms with Crippen molar-refractivity contribution in [3.05, 3.63) is 29.8 Å². The van der Waals surface area contributed by atoms with E-state index in [4.69, 9.17) is 9.47 Å². The summed E-state index contributed by atoms with van der Waals surface area (Å²) in [6.07, 6.45) is 2.93. The van der Waals surface area contributed by atoms with E-state index in [-0.39, 0.29) is 11.4 Å². The van der Waals surface area contributed by atoms with Gasteiger partial charge in [0.1, 0.15) is 5.75 Å². The maximum absolute atomic E-state index is 10.6. The fourth-order valence-electron chi connectivity index (χ4n) is 1.70. The van der Waals surface area contributed by atoms with Gasteiger partial charge in [-0.1, -0.05) is 32.9 Å². The highest BCUT2D eigenvalue weighted by molar-refractivity contribution is 5.65. The lowest BCUT2D eigenvalue weighted by molar-refractivity contribution is -0.141. The second-order valence-corrected chi connectivity index (χ2v) is 6.29. The van der Waals surface area contributed by atoms with Crippen molar-refractivity contribution < 1.29 is 14.3 Å². The van der Waals surface area contributed by atoms with Crippen LogP contribution in [0.4, 0.5) is 0 Å². The Labute approximate surface area is 122 Å². The van der Waals surface area contributed by atoms with Crippen molar-refractivity contribution in [3.8, 4) is 5.75 Å². The quantitative estimate of drug-likeness (QED) is 0.558. The van der Waals surface area contributed by atoms with E-state index in [1.807, 2.05) is 12.1 Å². The van der Waals surface area contributed by atoms with Gasteiger partial charge in [0.05, 0.1) is 13.2 Å². The summed E-state index contributed by atoms with van der Waals surface area (Å²) in [7, 11) is 0. The second kappa shape index (κ2) is 7.93. The molecule has 0 saturated heterocycles. The van der Waals surface area contributed by atoms with Gasteiger partial charge in [0.25, 0.3) is 0 Å². The predicted octanol–water partition coefficient (Wildman–Crippen LogP) is 4.00. The fraction of sp³-hybridized carbons (Fsp3) is 0.588. The molecule has 20 heavy (non-hydrogen) atoms. The molecule has 0 aliphatic rings. The highest BCUT2D eigenvalue weighted by Crippen LogP contribution is 2.18. The van der Waals surface area contributed by atoms with E-state index < -0.39 is 0 Å². The molecule has 0 aliphatic heterocycles. The molecular formula is C17H26O3. The van der Waals surface area contributed by atoms with Gasteiger partial charge in [-0.25, -0.2) is 0 Å². The third kappa shape index (κ3) is 7.82. The zero-order valence-electron chi connectivity index (χ0n) is 13.1. The standard InChI is InChI=1S/C17H26O3/c1-14(18)19-12-6-5-7-15-8-10-16(11-9-15)20-13-17(2,3)4/h8-11H,5-7,12-13H2,1-4H3. The van der Waals surface area contributed by atoms with Crippen LogP contribution < -0.4 is 4.74 Å². The lowest BCUT2D eigenvalue weighted by Gasteiger charge is -2.18. The molecule has 0 amide bonds. The van der Waals surface area contributed by atoms with Gasteiger partial charge in [-0.2, -0.15) is 0 Å². The lowest BCUT2D eigenvalue weighted by atomic mass is 9.99. The van der Waals surface area contributed by atoms with Crippen molar-refractivity contribution in [1.82, 2.24) is 0 Å². The number of ether oxygens (including phenoxy) is 2. The summed E-state index contributed by atoms with van der Waals surface area (Å²) < 4.78 is 10.6. The average Bonchev–Trinajstić information content (AvgIpc) is 2.36. The van der Waals surface area contributed by atoms with E-state index in [1.54, 1.807) is 0 Å². The number of esters is 1. The van der Waals surface area contributed by atoms with Crippen LogP contribution in [-0.4, -0.2) is 19.2 Å². The van der Waals surface area contributed by atoms with Crippen molar-refractivity contribution >= 4 is 5.97 Å². The molecule has 0 aromatic heterocycles. The molecule has 0 unspecified atom stereocenters. The van der Waals surface area contributed by atoms with Gasteiger partial charge < -0.3 is 9.47 Å². The van der Waals surface area contributed by atoms with Crippen molar-refractivity contribution in [1.29, 1.82) is 0 Å². The summed E-state index contributed by atoms with van der Waals surface area (Å²) in [5.41, 5.74) is 1.46. The molecule has 0 saturated carbocycles. The van der Waals surface area contributed by atoms with Crippen molar-refractivity contribution in [2.24, 2.45) is 5.41 Å². The summed E-state index contributed by atoms with van der Waals surface area (Å²) in [6.45, 7) is 9.15. The van der Waals surface area contributed by atoms with E-state index in [2.05, 4.69) is 32.9 Å². The number of carbonyl (C=O) groups is 1. The highest BCUT2D eigenvalue weighted by Gasteiger charge is 2.10. The maximum Gasteiger partial charge on any atom is 0.302 e. The zero-order chi connectivity index (χ0) is 15.0. The molecule has 112 valence electrons. The molecule has 0 fully saturated rings. The molecule has 1 aromatic rings. The molecule has 1 rings (SSSR count). The third-order valence-electron chi connectivity index (χ3n) is 2.76. The minimum Gasteiger partial charge on any atom is -0.493 e. The normalized spacial score (nSPS) is 11.2. The molecule has 0 N–H and O–H groups in total. The van der Waals surface area contributed by atoms with E-state index >= 15 is 0 Å². The molecular weight excluding hydrogens is 252 g/mol. The van der Waals surface area contributed by atoms with Gasteiger partial charge in [0.15, 0.2) is 0 Å². The van der Waals surface area contributed by atoms with Crippen LogP contribution in [0.3, 0.4) is 0 Å². The van der Waals surface area contributed by atoms with Crippen LogP contribution in [0.15, 0.2) is 24.3 Å². The van der Waals surface area contributed by atoms with Gasteiger partial charge in [0.2, 0.25) is 0 Å². The summed E-state index contributed by atoms with van der Waals surface area (Å²) in [6, 6.07) is 8.24. The SMILES string of the molecule is CC(=O)OCCCCc1ccc(OCC(C)(C)C)cc1. The Hall–Kier alpha value is -1.51. The van der Waals surface area contributed by atoms with Crippen LogP contribution in [0.25, 0.3) is 0 Å². The van der Waals surface area contributed by atoms with Gasteiger partial charge >= 0.3 is 5.97 Å². The highest BCUT2D eigenvalue weighted by atomic mass is 16.5. The molecule has 3 heteroatoms. The van der Waals surface area contributed by atoms with Crippen LogP contribution in [0.5, 0.6) is 5.75 Å². The molecule has 0 aliphatic carbocycles. The minimum absolute atomic E-state index is 0.176. The predicted molar refractivity (Wildman–Crippen MR) is 81.0 cm³/mol. The number of rotatable bonds is 7. The Bertz CT molecular complexity index is 401. The van der Waals surface area contributed by atoms with Crippen LogP contribution in [0, 0.1) is 5.41 Å². The number of aryl methyl sites for hydroxylation is 1. The Morgan fingerprint density at radius 1 is 1.10 bits per heavy atom. The van der Waals surface area contributed by atoms with Gasteiger partial charge in [-0.15, -0.1) is 0 Å². The molecule has 0 spiro atoms. The number of carbonyl (C=O) groups excluding carboxylic acids is 1. The van der Waals surface area contributed by atoms with Crippen molar-refractivity contribution in [3.63, 3.8) is 0 Å². The monoisotopic (exact) mass is 278 g/mol. The summed E-state index contributed by atoms with van der Waals surface area (Å²) in [5.74, 6) is 0.717. The summed E-state index contributed by atoms with van der Waals surface area (Å²) in [4.78, 5) is 10.6. The zero-order valence-corrected chi connectivity index (χ0v) is 13.1. The molecule has 0 radical (unpaired) electrons. The van der Waals surface area contributed by atoms with Gasteiger partial charge in [-0.3, -0.25) is 4.79 Å². The van der Waals surface area contributed by atoms with E-state index in [9.17, 15) is 4.79 Å². The molecule has 0 bridgehead atoms. The van der Waals surface area contributed by atoms with Gasteiger partial charge in [-0.05, 0) is 42.4 Å². The lowest BCUT2D eigenvalue weighted by Crippen LogP contribution is -2.16. The summed E-state index contributed by atoms with van der Waals surface area (Å²) >= 11 is 0. The van der Waals surface area contributed by atoms with Crippen LogP contribution in [-0.2, 0) is 16.0 Å². The van der Waals surface area contributed by atoms with Crippen molar-refractivity contribution in [2.45, 2.75) is 47.0 Å². The largest absolute Gasteiger partial charge is 0.493 e. The Balaban J connectivity index is 2.26. The smallest absolute Gasteiger partial charge is 0.302 e. The summed E-state index contributed by atoms with van der Waals surface area (Å²) in [5, 5.41) is 0. The second-order valence-electron chi connectivity index (χ2n) is 6.29. The topological polar surface area (TPSA) is 35.5 Å². The number of hydrogen-bond donors (Lipinski definition) is 0. The average molecular weight is 278 g/mol. The minimum atomic E-state index is -0.203.